The molecule has 10 rings (SSSR count). The molecule has 2 aliphatic heterocycles. The number of hydrogen-bond donors (Lipinski definition) is 0. The molecule has 6 aliphatic rings. The number of likely N-dealkylation sites (tertiary alicyclic amines) is 2. The summed E-state index contributed by atoms with van der Waals surface area (Å²) >= 11 is 11.9. The largest absolute Gasteiger partial charge is 1.00 e. The summed E-state index contributed by atoms with van der Waals surface area (Å²) in [5.74, 6) is -9.40. The second-order valence-corrected chi connectivity index (χ2v) is 23.7. The number of rotatable bonds is 7. The molecule has 4 fully saturated rings. The minimum Gasteiger partial charge on any atom is -0.548 e. The monoisotopic (exact) mass is 1210 g/mol. The number of nitrogens with zero attached hydrogens (tertiary/aromatic N) is 2. The summed E-state index contributed by atoms with van der Waals surface area (Å²) in [5, 5.41) is 11.0. The van der Waals surface area contributed by atoms with Crippen molar-refractivity contribution >= 4 is 79.2 Å². The Bertz CT molecular complexity index is 2950. The molecular weight excluding hydrogens is 1160 g/mol. The van der Waals surface area contributed by atoms with Gasteiger partial charge in [0.25, 0.3) is 11.8 Å². The van der Waals surface area contributed by atoms with Crippen LogP contribution in [-0.2, 0) is 35.6 Å². The second-order valence-electron chi connectivity index (χ2n) is 21.6. The first-order valence-electron chi connectivity index (χ1n) is 23.6. The molecule has 2 saturated carbocycles. The number of amides is 2. The van der Waals surface area contributed by atoms with Crippen molar-refractivity contribution < 1.29 is 117 Å². The van der Waals surface area contributed by atoms with E-state index in [4.69, 9.17) is 25.8 Å². The number of hydrogen-bond acceptors (Lipinski definition) is 10. The molecule has 0 radical (unpaired) electrons. The quantitative estimate of drug-likeness (QED) is 0.0436. The Morgan fingerprint density at radius 3 is 1.35 bits per heavy atom. The van der Waals surface area contributed by atoms with E-state index in [1.165, 1.54) is 52.3 Å². The standard InChI is InChI=1S/C27H26BrF2NO5.C15H8BrClF2O.C12H19NO4.CH4.K/c1-25(2,3)36-24(34)31-14-26(8-9-26)12-21(31)23(33)35-13-22(32)15-4-6-17-18-7-5-16(28)11-20(18)27(29,30)19(17)10-15;16-9-2-4-11-10-3-1-8(14(20)7-17)5-12(10)15(18,19)13(11)6-9;1-11(2,3)17-10(16)13-7-12(4-5-12)6-8(13)9(14)15;;/h4-7,10-11,21H,8-9,12-14H2,1-3H3;1-6H,7H2;8H,4-7H2,1-3H3,(H,14,15);1H4;/q;;;;+1/p-1/t21-;;8-;;/m0.0../s1. The summed E-state index contributed by atoms with van der Waals surface area (Å²) in [6.45, 7) is 10.8. The molecule has 2 spiro atoms. The van der Waals surface area contributed by atoms with Crippen LogP contribution in [0.2, 0.25) is 0 Å². The first-order valence-corrected chi connectivity index (χ1v) is 25.7. The van der Waals surface area contributed by atoms with Gasteiger partial charge in [-0.25, -0.2) is 14.4 Å². The van der Waals surface area contributed by atoms with E-state index in [1.54, 1.807) is 71.9 Å². The summed E-state index contributed by atoms with van der Waals surface area (Å²) < 4.78 is 76.3. The minimum atomic E-state index is -3.25. The third-order valence-corrected chi connectivity index (χ3v) is 15.0. The van der Waals surface area contributed by atoms with Gasteiger partial charge >= 0.3 is 69.5 Å². The maximum Gasteiger partial charge on any atom is 1.00 e. The van der Waals surface area contributed by atoms with Crippen LogP contribution in [0.5, 0.6) is 0 Å². The molecule has 4 aromatic carbocycles. The third-order valence-electron chi connectivity index (χ3n) is 13.8. The summed E-state index contributed by atoms with van der Waals surface area (Å²) in [4.78, 5) is 75.6. The van der Waals surface area contributed by atoms with Crippen LogP contribution in [0.3, 0.4) is 0 Å². The van der Waals surface area contributed by atoms with E-state index in [2.05, 4.69) is 31.9 Å². The third kappa shape index (κ3) is 12.9. The molecule has 20 heteroatoms. The maximum absolute atomic E-state index is 15.1. The zero-order valence-corrected chi connectivity index (χ0v) is 48.8. The van der Waals surface area contributed by atoms with E-state index in [9.17, 15) is 42.7 Å². The molecule has 4 aliphatic carbocycles. The van der Waals surface area contributed by atoms with Crippen LogP contribution in [0.15, 0.2) is 81.7 Å². The van der Waals surface area contributed by atoms with Gasteiger partial charge in [0.15, 0.2) is 18.2 Å². The summed E-state index contributed by atoms with van der Waals surface area (Å²) in [6.07, 6.45) is 3.65. The van der Waals surface area contributed by atoms with Crippen molar-refractivity contribution in [2.45, 2.75) is 123 Å². The minimum absolute atomic E-state index is 0. The molecule has 2 atom stereocenters. The molecule has 0 bridgehead atoms. The van der Waals surface area contributed by atoms with Crippen LogP contribution in [-0.4, -0.2) is 94.4 Å². The molecule has 12 nitrogen and oxygen atoms in total. The van der Waals surface area contributed by atoms with E-state index >= 15 is 8.78 Å². The van der Waals surface area contributed by atoms with E-state index in [-0.39, 0.29) is 115 Å². The normalized spacial score (nSPS) is 19.7. The van der Waals surface area contributed by atoms with Crippen molar-refractivity contribution in [1.29, 1.82) is 0 Å². The van der Waals surface area contributed by atoms with E-state index in [0.717, 1.165) is 25.7 Å². The van der Waals surface area contributed by atoms with Gasteiger partial charge in [-0.15, -0.1) is 11.6 Å². The average Bonchev–Trinajstić information content (AvgIpc) is 4.12. The summed E-state index contributed by atoms with van der Waals surface area (Å²) in [5.41, 5.74) is 0.0376. The van der Waals surface area contributed by atoms with Crippen molar-refractivity contribution in [3.8, 4) is 22.3 Å². The van der Waals surface area contributed by atoms with Gasteiger partial charge in [-0.1, -0.05) is 75.7 Å². The van der Waals surface area contributed by atoms with Gasteiger partial charge < -0.3 is 24.1 Å². The number of esters is 1. The molecule has 396 valence electrons. The van der Waals surface area contributed by atoms with Gasteiger partial charge in [-0.3, -0.25) is 19.4 Å². The second kappa shape index (κ2) is 22.2. The fraction of sp³-hybridized carbons (Fsp3) is 0.455. The van der Waals surface area contributed by atoms with Gasteiger partial charge in [0.05, 0.1) is 17.9 Å². The smallest absolute Gasteiger partial charge is 0.548 e. The van der Waals surface area contributed by atoms with Crippen LogP contribution < -0.4 is 56.5 Å². The van der Waals surface area contributed by atoms with Crippen LogP contribution in [0.1, 0.15) is 130 Å². The van der Waals surface area contributed by atoms with Crippen LogP contribution in [0.4, 0.5) is 27.2 Å². The topological polar surface area (TPSA) is 160 Å². The number of aliphatic carboxylic acids is 1. The van der Waals surface area contributed by atoms with Crippen molar-refractivity contribution in [3.05, 3.63) is 115 Å². The van der Waals surface area contributed by atoms with E-state index in [1.807, 2.05) is 0 Å². The van der Waals surface area contributed by atoms with Gasteiger partial charge in [-0.05, 0) is 150 Å². The van der Waals surface area contributed by atoms with E-state index in [0.29, 0.717) is 57.1 Å². The van der Waals surface area contributed by atoms with E-state index < -0.39 is 71.6 Å². The Morgan fingerprint density at radius 2 is 0.973 bits per heavy atom. The first-order chi connectivity index (χ1) is 34.0. The zero-order valence-electron chi connectivity index (χ0n) is 41.8. The fourth-order valence-electron chi connectivity index (χ4n) is 9.77. The number of Topliss-reactive ketones (excluding diaryl/α,β-unsaturated/α-hetero) is 2. The molecule has 2 saturated heterocycles. The Labute approximate surface area is 497 Å². The Kier molecular flexibility index (Phi) is 17.9. The Balaban J connectivity index is 0.000000198. The molecule has 4 aromatic rings. The molecular formula is C55H56Br2ClF4KN2O10. The van der Waals surface area contributed by atoms with Gasteiger partial charge in [0.2, 0.25) is 0 Å². The zero-order chi connectivity index (χ0) is 53.4. The van der Waals surface area contributed by atoms with Crippen molar-refractivity contribution in [2.75, 3.05) is 25.6 Å². The number of carboxylic acids is 1. The van der Waals surface area contributed by atoms with Gasteiger partial charge in [0, 0.05) is 55.4 Å². The predicted molar refractivity (Wildman–Crippen MR) is 273 cm³/mol. The molecule has 0 N–H and O–H groups in total. The average molecular weight is 1220 g/mol. The number of alkyl halides is 5. The van der Waals surface area contributed by atoms with Crippen LogP contribution in [0.25, 0.3) is 22.3 Å². The number of ether oxygens (including phenoxy) is 3. The van der Waals surface area contributed by atoms with Crippen molar-refractivity contribution in [1.82, 2.24) is 9.80 Å². The molecule has 2 heterocycles. The first kappa shape index (κ1) is 60.5. The van der Waals surface area contributed by atoms with Gasteiger partial charge in [0.1, 0.15) is 17.2 Å². The molecule has 2 amide bonds. The number of carboxylic acid groups (broad SMARTS) is 1. The number of benzene rings is 4. The fourth-order valence-corrected chi connectivity index (χ4v) is 10.6. The molecule has 0 aromatic heterocycles. The number of halogens is 7. The Hall–Kier alpha value is -3.69. The number of fused-ring (bicyclic) bond motifs is 6. The van der Waals surface area contributed by atoms with Crippen LogP contribution in [0, 0.1) is 10.8 Å². The number of carbonyl (C=O) groups excluding carboxylic acids is 6. The van der Waals surface area contributed by atoms with Crippen molar-refractivity contribution in [3.63, 3.8) is 0 Å². The van der Waals surface area contributed by atoms with Crippen molar-refractivity contribution in [2.24, 2.45) is 10.8 Å². The molecule has 75 heavy (non-hydrogen) atoms. The molecule has 0 unspecified atom stereocenters. The maximum atomic E-state index is 15.1. The predicted octanol–water partition coefficient (Wildman–Crippen LogP) is 9.24. The number of ketones is 2. The van der Waals surface area contributed by atoms with Crippen LogP contribution >= 0.6 is 43.5 Å². The Morgan fingerprint density at radius 1 is 0.613 bits per heavy atom. The SMILES string of the molecule is C.CC(C)(C)OC(=O)N1CC2(CC2)C[C@H]1C(=O)OCC(=O)c1ccc2c(c1)C(F)(F)c1cc(Br)ccc1-2.CC(C)(C)OC(=O)N1CC2(CC2)C[C@H]1C(=O)[O-].O=C(CCl)c1ccc2c(c1)C(F)(F)c1cc(Br)ccc1-2.[K+]. The summed E-state index contributed by atoms with van der Waals surface area (Å²) in [7, 11) is 0. The summed E-state index contributed by atoms with van der Waals surface area (Å²) in [6, 6.07) is 16.3. The number of carbonyl (C=O) groups is 6. The van der Waals surface area contributed by atoms with Gasteiger partial charge in [-0.2, -0.15) is 17.6 Å².